The zero-order valence-electron chi connectivity index (χ0n) is 6.37. The van der Waals surface area contributed by atoms with Gasteiger partial charge >= 0.3 is 0 Å². The molecule has 5 nitrogen and oxygen atoms in total. The number of amides is 1. The second-order valence-electron chi connectivity index (χ2n) is 2.46. The van der Waals surface area contributed by atoms with E-state index in [1.54, 1.807) is 0 Å². The maximum absolute atomic E-state index is 10.8. The molecule has 1 N–H and O–H groups in total. The Labute approximate surface area is 72.7 Å². The second-order valence-corrected chi connectivity index (χ2v) is 3.21. The lowest BCUT2D eigenvalue weighted by Crippen LogP contribution is -2.09. The number of aromatic nitrogens is 2. The van der Waals surface area contributed by atoms with E-state index in [1.807, 2.05) is 6.92 Å². The van der Waals surface area contributed by atoms with Gasteiger partial charge in [0.1, 0.15) is 0 Å². The highest BCUT2D eigenvalue weighted by Gasteiger charge is 2.19. The Kier molecular flexibility index (Phi) is 1.61. The van der Waals surface area contributed by atoms with Crippen molar-refractivity contribution < 1.29 is 4.79 Å². The molecule has 1 aliphatic rings. The molecule has 0 radical (unpaired) electrons. The molecular formula is C6H6N4OS. The summed E-state index contributed by atoms with van der Waals surface area (Å²) >= 11 is 1.26. The Morgan fingerprint density at radius 3 is 2.92 bits per heavy atom. The SMILES string of the molecule is Cc1nnsc1C1=NNC(=O)C1. The standard InChI is InChI=1S/C6H6N4OS/c1-3-6(12-10-7-3)4-2-5(11)9-8-4/h2H2,1H3,(H,9,11). The highest BCUT2D eigenvalue weighted by molar-refractivity contribution is 7.08. The second kappa shape index (κ2) is 2.63. The molecule has 6 heteroatoms. The van der Waals surface area contributed by atoms with Crippen LogP contribution in [-0.4, -0.2) is 21.2 Å². The topological polar surface area (TPSA) is 67.2 Å². The third-order valence-electron chi connectivity index (χ3n) is 1.56. The normalized spacial score (nSPS) is 16.1. The first kappa shape index (κ1) is 7.35. The van der Waals surface area contributed by atoms with Gasteiger partial charge in [0.05, 0.1) is 22.7 Å². The molecule has 1 aliphatic heterocycles. The summed E-state index contributed by atoms with van der Waals surface area (Å²) in [5.41, 5.74) is 3.96. The molecule has 0 aromatic carbocycles. The first-order valence-corrected chi connectivity index (χ1v) is 4.19. The summed E-state index contributed by atoms with van der Waals surface area (Å²) in [6.45, 7) is 1.85. The van der Waals surface area contributed by atoms with E-state index in [-0.39, 0.29) is 5.91 Å². The fraction of sp³-hybridized carbons (Fsp3) is 0.333. The molecule has 0 unspecified atom stereocenters. The lowest BCUT2D eigenvalue weighted by Gasteiger charge is -1.90. The van der Waals surface area contributed by atoms with Crippen LogP contribution in [0, 0.1) is 6.92 Å². The molecule has 0 spiro atoms. The summed E-state index contributed by atoms with van der Waals surface area (Å²) in [6.07, 6.45) is 0.338. The van der Waals surface area contributed by atoms with Crippen molar-refractivity contribution >= 4 is 23.2 Å². The Morgan fingerprint density at radius 2 is 2.42 bits per heavy atom. The van der Waals surface area contributed by atoms with E-state index in [4.69, 9.17) is 0 Å². The summed E-state index contributed by atoms with van der Waals surface area (Å²) in [5, 5.41) is 7.70. The van der Waals surface area contributed by atoms with Gasteiger partial charge in [-0.15, -0.1) is 5.10 Å². The summed E-state index contributed by atoms with van der Waals surface area (Å²) in [7, 11) is 0. The molecule has 0 saturated heterocycles. The van der Waals surface area contributed by atoms with E-state index in [1.165, 1.54) is 11.5 Å². The van der Waals surface area contributed by atoms with Crippen LogP contribution < -0.4 is 5.43 Å². The maximum atomic E-state index is 10.8. The van der Waals surface area contributed by atoms with Gasteiger partial charge in [0.15, 0.2) is 0 Å². The van der Waals surface area contributed by atoms with Crippen LogP contribution in [0.1, 0.15) is 17.0 Å². The molecule has 0 saturated carbocycles. The van der Waals surface area contributed by atoms with Gasteiger partial charge < -0.3 is 0 Å². The van der Waals surface area contributed by atoms with Crippen LogP contribution in [0.5, 0.6) is 0 Å². The zero-order valence-corrected chi connectivity index (χ0v) is 7.18. The van der Waals surface area contributed by atoms with Crippen molar-refractivity contribution in [2.24, 2.45) is 5.10 Å². The Bertz CT molecular complexity index is 356. The molecule has 2 heterocycles. The molecular weight excluding hydrogens is 176 g/mol. The van der Waals surface area contributed by atoms with Crippen molar-refractivity contribution in [3.63, 3.8) is 0 Å². The van der Waals surface area contributed by atoms with Crippen molar-refractivity contribution in [2.45, 2.75) is 13.3 Å². The highest BCUT2D eigenvalue weighted by atomic mass is 32.1. The van der Waals surface area contributed by atoms with Crippen LogP contribution in [-0.2, 0) is 4.79 Å². The maximum Gasteiger partial charge on any atom is 0.246 e. The Hall–Kier alpha value is -1.30. The molecule has 0 fully saturated rings. The van der Waals surface area contributed by atoms with Gasteiger partial charge in [-0.05, 0) is 18.5 Å². The molecule has 1 aromatic heterocycles. The van der Waals surface area contributed by atoms with E-state index < -0.39 is 0 Å². The van der Waals surface area contributed by atoms with Crippen molar-refractivity contribution in [1.29, 1.82) is 0 Å². The number of carbonyl (C=O) groups excluding carboxylic acids is 1. The predicted octanol–water partition coefficient (Wildman–Crippen LogP) is 0.0705. The van der Waals surface area contributed by atoms with E-state index in [9.17, 15) is 4.79 Å². The number of rotatable bonds is 1. The van der Waals surface area contributed by atoms with Crippen LogP contribution in [0.3, 0.4) is 0 Å². The van der Waals surface area contributed by atoms with Crippen LogP contribution in [0.15, 0.2) is 5.10 Å². The highest BCUT2D eigenvalue weighted by Crippen LogP contribution is 2.14. The van der Waals surface area contributed by atoms with Crippen LogP contribution in [0.4, 0.5) is 0 Å². The number of nitrogens with zero attached hydrogens (tertiary/aromatic N) is 3. The molecule has 0 atom stereocenters. The molecule has 1 aromatic rings. The number of aryl methyl sites for hydroxylation is 1. The third kappa shape index (κ3) is 1.10. The van der Waals surface area contributed by atoms with Gasteiger partial charge in [-0.3, -0.25) is 4.79 Å². The number of hydrazone groups is 1. The van der Waals surface area contributed by atoms with Gasteiger partial charge in [-0.2, -0.15) is 5.10 Å². The van der Waals surface area contributed by atoms with Crippen LogP contribution in [0.2, 0.25) is 0 Å². The lowest BCUT2D eigenvalue weighted by molar-refractivity contribution is -0.119. The van der Waals surface area contributed by atoms with Crippen molar-refractivity contribution in [3.8, 4) is 0 Å². The summed E-state index contributed by atoms with van der Waals surface area (Å²) in [5.74, 6) is -0.0715. The minimum atomic E-state index is -0.0715. The fourth-order valence-corrected chi connectivity index (χ4v) is 1.63. The molecule has 2 rings (SSSR count). The first-order chi connectivity index (χ1) is 5.77. The predicted molar refractivity (Wildman–Crippen MR) is 43.9 cm³/mol. The van der Waals surface area contributed by atoms with E-state index in [2.05, 4.69) is 20.1 Å². The smallest absolute Gasteiger partial charge is 0.246 e. The Morgan fingerprint density at radius 1 is 1.58 bits per heavy atom. The average Bonchev–Trinajstić information content (AvgIpc) is 2.58. The van der Waals surface area contributed by atoms with Gasteiger partial charge in [0, 0.05) is 0 Å². The van der Waals surface area contributed by atoms with Crippen molar-refractivity contribution in [3.05, 3.63) is 10.6 Å². The molecule has 0 aliphatic carbocycles. The summed E-state index contributed by atoms with van der Waals surface area (Å²) in [6, 6.07) is 0. The number of carbonyl (C=O) groups is 1. The molecule has 12 heavy (non-hydrogen) atoms. The number of nitrogens with one attached hydrogen (secondary N) is 1. The Balaban J connectivity index is 2.33. The molecule has 1 amide bonds. The van der Waals surface area contributed by atoms with Crippen LogP contribution in [0.25, 0.3) is 0 Å². The average molecular weight is 182 g/mol. The van der Waals surface area contributed by atoms with Gasteiger partial charge in [0.2, 0.25) is 5.91 Å². The molecule has 0 bridgehead atoms. The van der Waals surface area contributed by atoms with E-state index in [0.29, 0.717) is 6.42 Å². The summed E-state index contributed by atoms with van der Waals surface area (Å²) < 4.78 is 3.76. The van der Waals surface area contributed by atoms with Gasteiger partial charge in [0.25, 0.3) is 0 Å². The van der Waals surface area contributed by atoms with Crippen molar-refractivity contribution in [2.75, 3.05) is 0 Å². The number of hydrogen-bond acceptors (Lipinski definition) is 5. The zero-order chi connectivity index (χ0) is 8.55. The minimum absolute atomic E-state index is 0.0715. The third-order valence-corrected chi connectivity index (χ3v) is 2.43. The monoisotopic (exact) mass is 182 g/mol. The first-order valence-electron chi connectivity index (χ1n) is 3.42. The minimum Gasteiger partial charge on any atom is -0.273 e. The number of hydrogen-bond donors (Lipinski definition) is 1. The quantitative estimate of drug-likeness (QED) is 0.668. The largest absolute Gasteiger partial charge is 0.273 e. The van der Waals surface area contributed by atoms with E-state index >= 15 is 0 Å². The summed E-state index contributed by atoms with van der Waals surface area (Å²) in [4.78, 5) is 11.7. The van der Waals surface area contributed by atoms with E-state index in [0.717, 1.165) is 16.3 Å². The van der Waals surface area contributed by atoms with Gasteiger partial charge in [-0.1, -0.05) is 4.49 Å². The molecule has 62 valence electrons. The van der Waals surface area contributed by atoms with Crippen LogP contribution >= 0.6 is 11.5 Å². The van der Waals surface area contributed by atoms with Gasteiger partial charge in [-0.25, -0.2) is 5.43 Å². The fourth-order valence-electron chi connectivity index (χ4n) is 0.987. The van der Waals surface area contributed by atoms with Crippen molar-refractivity contribution in [1.82, 2.24) is 15.0 Å². The lowest BCUT2D eigenvalue weighted by atomic mass is 10.2.